The van der Waals surface area contributed by atoms with Crippen molar-refractivity contribution in [3.05, 3.63) is 23.3 Å². The number of fused-ring (bicyclic) bond motifs is 5. The number of ketones is 1. The lowest BCUT2D eigenvalue weighted by Gasteiger charge is -2.63. The molecular formula is C30H44O3. The van der Waals surface area contributed by atoms with Crippen LogP contribution < -0.4 is 0 Å². The van der Waals surface area contributed by atoms with Gasteiger partial charge < -0.3 is 4.74 Å². The molecule has 1 heterocycles. The summed E-state index contributed by atoms with van der Waals surface area (Å²) in [5.41, 5.74) is 3.18. The molecule has 0 aromatic rings. The molecule has 0 bridgehead atoms. The maximum atomic E-state index is 13.0. The van der Waals surface area contributed by atoms with E-state index >= 15 is 0 Å². The Morgan fingerprint density at radius 2 is 1.76 bits per heavy atom. The van der Waals surface area contributed by atoms with E-state index in [0.29, 0.717) is 23.5 Å². The van der Waals surface area contributed by atoms with Crippen molar-refractivity contribution >= 4 is 11.8 Å². The summed E-state index contributed by atoms with van der Waals surface area (Å²) in [6.07, 6.45) is 13.0. The highest BCUT2D eigenvalue weighted by Crippen LogP contribution is 2.73. The molecule has 1 aliphatic heterocycles. The topological polar surface area (TPSA) is 43.4 Å². The molecule has 4 aliphatic carbocycles. The lowest BCUT2D eigenvalue weighted by Crippen LogP contribution is -2.57. The molecule has 0 spiro atoms. The van der Waals surface area contributed by atoms with Crippen molar-refractivity contribution in [2.24, 2.45) is 45.3 Å². The summed E-state index contributed by atoms with van der Waals surface area (Å²) in [4.78, 5) is 25.8. The Morgan fingerprint density at radius 3 is 2.45 bits per heavy atom. The minimum atomic E-state index is -0.220. The first kappa shape index (κ1) is 23.4. The first-order chi connectivity index (χ1) is 15.3. The van der Waals surface area contributed by atoms with Gasteiger partial charge in [-0.05, 0) is 92.4 Å². The average molecular weight is 453 g/mol. The lowest BCUT2D eigenvalue weighted by molar-refractivity contribution is -0.148. The fourth-order valence-corrected chi connectivity index (χ4v) is 9.63. The molecule has 182 valence electrons. The monoisotopic (exact) mass is 452 g/mol. The third kappa shape index (κ3) is 3.05. The molecule has 8 unspecified atom stereocenters. The highest BCUT2D eigenvalue weighted by molar-refractivity contribution is 5.85. The van der Waals surface area contributed by atoms with Crippen molar-refractivity contribution in [1.29, 1.82) is 0 Å². The summed E-state index contributed by atoms with van der Waals surface area (Å²) in [5, 5.41) is 0. The van der Waals surface area contributed by atoms with Gasteiger partial charge in [0.25, 0.3) is 0 Å². The molecule has 0 aromatic carbocycles. The molecule has 0 amide bonds. The van der Waals surface area contributed by atoms with Crippen LogP contribution in [-0.2, 0) is 14.3 Å². The normalized spacial score (nSPS) is 48.3. The van der Waals surface area contributed by atoms with Crippen LogP contribution in [0.1, 0.15) is 99.8 Å². The van der Waals surface area contributed by atoms with Crippen molar-refractivity contribution < 1.29 is 14.3 Å². The molecule has 1 saturated heterocycles. The van der Waals surface area contributed by atoms with E-state index < -0.39 is 0 Å². The lowest BCUT2D eigenvalue weighted by atomic mass is 9.41. The van der Waals surface area contributed by atoms with E-state index in [4.69, 9.17) is 4.74 Å². The quantitative estimate of drug-likeness (QED) is 0.333. The number of carbonyl (C=O) groups is 2. The fraction of sp³-hybridized carbons (Fsp3) is 0.800. The fourth-order valence-electron chi connectivity index (χ4n) is 9.63. The second-order valence-electron chi connectivity index (χ2n) is 13.6. The van der Waals surface area contributed by atoms with Gasteiger partial charge in [0.1, 0.15) is 11.9 Å². The Hall–Kier alpha value is -1.38. The standard InChI is InChI=1S/C30H44O3/c1-18(2)16-19-17-20(26(32)33-19)21-10-14-30(7)23-8-9-24-27(3,4)25(31)12-13-28(24,5)22(23)11-15-29(21,30)6/h8,16,19-22,24H,9-15,17H2,1-7H3. The van der Waals surface area contributed by atoms with E-state index in [1.54, 1.807) is 5.57 Å². The summed E-state index contributed by atoms with van der Waals surface area (Å²) >= 11 is 0. The second kappa shape index (κ2) is 7.31. The van der Waals surface area contributed by atoms with Gasteiger partial charge in [-0.2, -0.15) is 0 Å². The summed E-state index contributed by atoms with van der Waals surface area (Å²) < 4.78 is 5.82. The Balaban J connectivity index is 1.47. The van der Waals surface area contributed by atoms with E-state index in [1.165, 1.54) is 24.8 Å². The molecule has 0 aromatic heterocycles. The van der Waals surface area contributed by atoms with Gasteiger partial charge >= 0.3 is 5.97 Å². The molecule has 33 heavy (non-hydrogen) atoms. The number of ether oxygens (including phenoxy) is 1. The number of carbonyl (C=O) groups excluding carboxylic acids is 2. The third-order valence-corrected chi connectivity index (χ3v) is 11.7. The van der Waals surface area contributed by atoms with Crippen LogP contribution in [0.3, 0.4) is 0 Å². The van der Waals surface area contributed by atoms with E-state index in [1.807, 2.05) is 0 Å². The van der Waals surface area contributed by atoms with Crippen molar-refractivity contribution in [1.82, 2.24) is 0 Å². The predicted octanol–water partition coefficient (Wildman–Crippen LogP) is 7.06. The Kier molecular flexibility index (Phi) is 5.18. The van der Waals surface area contributed by atoms with Crippen LogP contribution in [0, 0.1) is 45.3 Å². The van der Waals surface area contributed by atoms with Gasteiger partial charge in [0.2, 0.25) is 0 Å². The van der Waals surface area contributed by atoms with Crippen molar-refractivity contribution in [3.63, 3.8) is 0 Å². The zero-order valence-electron chi connectivity index (χ0n) is 21.9. The van der Waals surface area contributed by atoms with Gasteiger partial charge in [-0.25, -0.2) is 0 Å². The van der Waals surface area contributed by atoms with Crippen LogP contribution in [0.25, 0.3) is 0 Å². The van der Waals surface area contributed by atoms with E-state index in [-0.39, 0.29) is 39.7 Å². The molecule has 0 N–H and O–H groups in total. The van der Waals surface area contributed by atoms with Crippen LogP contribution in [0.5, 0.6) is 0 Å². The summed E-state index contributed by atoms with van der Waals surface area (Å²) in [7, 11) is 0. The summed E-state index contributed by atoms with van der Waals surface area (Å²) in [5.74, 6) is 1.96. The number of esters is 1. The largest absolute Gasteiger partial charge is 0.458 e. The van der Waals surface area contributed by atoms with Gasteiger partial charge in [0.05, 0.1) is 5.92 Å². The highest BCUT2D eigenvalue weighted by Gasteiger charge is 2.66. The minimum Gasteiger partial charge on any atom is -0.458 e. The van der Waals surface area contributed by atoms with Crippen LogP contribution in [0.2, 0.25) is 0 Å². The molecule has 4 fully saturated rings. The number of hydrogen-bond acceptors (Lipinski definition) is 3. The first-order valence-electron chi connectivity index (χ1n) is 13.4. The summed E-state index contributed by atoms with van der Waals surface area (Å²) in [6, 6.07) is 0. The molecule has 5 aliphatic rings. The van der Waals surface area contributed by atoms with Crippen molar-refractivity contribution in [3.8, 4) is 0 Å². The highest BCUT2D eigenvalue weighted by atomic mass is 16.5. The van der Waals surface area contributed by atoms with Gasteiger partial charge in [0, 0.05) is 18.3 Å². The molecule has 8 atom stereocenters. The van der Waals surface area contributed by atoms with E-state index in [0.717, 1.165) is 32.1 Å². The van der Waals surface area contributed by atoms with Crippen LogP contribution in [-0.4, -0.2) is 17.9 Å². The van der Waals surface area contributed by atoms with Crippen molar-refractivity contribution in [2.75, 3.05) is 0 Å². The number of rotatable bonds is 2. The molecule has 5 rings (SSSR count). The Labute approximate surface area is 200 Å². The minimum absolute atomic E-state index is 0.0345. The van der Waals surface area contributed by atoms with Crippen LogP contribution >= 0.6 is 0 Å². The van der Waals surface area contributed by atoms with Crippen LogP contribution in [0.15, 0.2) is 23.3 Å². The van der Waals surface area contributed by atoms with Gasteiger partial charge in [0.15, 0.2) is 0 Å². The molecule has 0 radical (unpaired) electrons. The van der Waals surface area contributed by atoms with Gasteiger partial charge in [-0.15, -0.1) is 0 Å². The van der Waals surface area contributed by atoms with Gasteiger partial charge in [-0.3, -0.25) is 9.59 Å². The molecule has 3 heteroatoms. The smallest absolute Gasteiger partial charge is 0.309 e. The molecular weight excluding hydrogens is 408 g/mol. The van der Waals surface area contributed by atoms with Gasteiger partial charge in [-0.1, -0.05) is 51.8 Å². The Morgan fingerprint density at radius 1 is 1.03 bits per heavy atom. The van der Waals surface area contributed by atoms with Crippen LogP contribution in [0.4, 0.5) is 0 Å². The summed E-state index contributed by atoms with van der Waals surface area (Å²) in [6.45, 7) is 16.1. The number of hydrogen-bond donors (Lipinski definition) is 0. The Bertz CT molecular complexity index is 936. The predicted molar refractivity (Wildman–Crippen MR) is 131 cm³/mol. The second-order valence-corrected chi connectivity index (χ2v) is 13.6. The van der Waals surface area contributed by atoms with E-state index in [2.05, 4.69) is 60.6 Å². The number of Topliss-reactive ketones (excluding diaryl/α,β-unsaturated/α-hetero) is 1. The third-order valence-electron chi connectivity index (χ3n) is 11.7. The average Bonchev–Trinajstić information content (AvgIpc) is 3.20. The van der Waals surface area contributed by atoms with Crippen molar-refractivity contribution in [2.45, 2.75) is 106 Å². The maximum absolute atomic E-state index is 13.0. The zero-order valence-corrected chi connectivity index (χ0v) is 21.9. The van der Waals surface area contributed by atoms with E-state index in [9.17, 15) is 9.59 Å². The zero-order chi connectivity index (χ0) is 24.0. The first-order valence-corrected chi connectivity index (χ1v) is 13.4. The SMILES string of the molecule is CC(C)=CC1CC(C2CCC3(C)C4=CCC5C(C)(C)C(=O)CCC5(C)C4CCC23C)C(=O)O1. The molecule has 3 saturated carbocycles. The number of allylic oxidation sites excluding steroid dienone is 3. The number of cyclic esters (lactones) is 1. The maximum Gasteiger partial charge on any atom is 0.309 e. The molecule has 3 nitrogen and oxygen atoms in total.